The molecule has 8 heteroatoms. The van der Waals surface area contributed by atoms with Crippen molar-refractivity contribution in [3.8, 4) is 22.5 Å². The molecule has 1 N–H and O–H groups in total. The minimum absolute atomic E-state index is 0. The summed E-state index contributed by atoms with van der Waals surface area (Å²) >= 11 is 8.63. The minimum Gasteiger partial charge on any atom is -0.512 e. The van der Waals surface area contributed by atoms with Crippen molar-refractivity contribution in [3.63, 3.8) is 0 Å². The first-order valence-corrected chi connectivity index (χ1v) is 20.5. The number of hydrogen-bond acceptors (Lipinski definition) is 7. The summed E-state index contributed by atoms with van der Waals surface area (Å²) in [5, 5.41) is 14.7. The van der Waals surface area contributed by atoms with Crippen LogP contribution in [0.2, 0.25) is 0 Å². The van der Waals surface area contributed by atoms with Crippen LogP contribution in [-0.2, 0) is 36.7 Å². The van der Waals surface area contributed by atoms with Gasteiger partial charge < -0.3 is 5.11 Å². The molecule has 5 rings (SSSR count). The largest absolute Gasteiger partial charge is 0.512 e. The van der Waals surface area contributed by atoms with Gasteiger partial charge in [-0.05, 0) is 71.4 Å². The number of hydrogen-bond donors (Lipinski definition) is 2. The topological polar surface area (TPSA) is 63.1 Å². The summed E-state index contributed by atoms with van der Waals surface area (Å²) in [6.07, 6.45) is 7.51. The van der Waals surface area contributed by atoms with E-state index in [1.54, 1.807) is 17.7 Å². The van der Waals surface area contributed by atoms with Gasteiger partial charge in [-0.25, -0.2) is 4.98 Å². The molecule has 283 valence electrons. The molecule has 3 heterocycles. The Morgan fingerprint density at radius 1 is 0.942 bits per heavy atom. The summed E-state index contributed by atoms with van der Waals surface area (Å²) in [5.74, 6) is 0.902. The molecule has 0 aliphatic heterocycles. The smallest absolute Gasteiger partial charge is 0.164 e. The third kappa shape index (κ3) is 9.29. The van der Waals surface area contributed by atoms with Gasteiger partial charge in [-0.2, -0.15) is 11.3 Å². The van der Waals surface area contributed by atoms with Gasteiger partial charge in [0.15, 0.2) is 5.78 Å². The Morgan fingerprint density at radius 2 is 1.56 bits per heavy atom. The molecule has 0 spiro atoms. The molecule has 3 aromatic heterocycles. The van der Waals surface area contributed by atoms with Crippen LogP contribution in [0.15, 0.2) is 58.8 Å². The third-order valence-electron chi connectivity index (χ3n) is 10.8. The number of aromatic nitrogens is 2. The molecule has 0 fully saturated rings. The van der Waals surface area contributed by atoms with Crippen LogP contribution in [0.5, 0.6) is 0 Å². The maximum Gasteiger partial charge on any atom is 0.164 e. The Labute approximate surface area is 339 Å². The Kier molecular flexibility index (Phi) is 15.1. The number of rotatable bonds is 11. The number of allylic oxidation sites excluding steroid dienone is 2. The Bertz CT molecular complexity index is 2020. The van der Waals surface area contributed by atoms with Crippen LogP contribution < -0.4 is 0 Å². The summed E-state index contributed by atoms with van der Waals surface area (Å²) in [6.45, 7) is 25.6. The molecule has 0 saturated heterocycles. The van der Waals surface area contributed by atoms with Crippen LogP contribution >= 0.6 is 35.3 Å². The van der Waals surface area contributed by atoms with Gasteiger partial charge in [0.25, 0.3) is 0 Å². The van der Waals surface area contributed by atoms with Crippen molar-refractivity contribution in [3.05, 3.63) is 75.9 Å². The Balaban J connectivity index is 0.000000347. The molecule has 4 nitrogen and oxygen atoms in total. The summed E-state index contributed by atoms with van der Waals surface area (Å²) in [5.41, 5.74) is 6.00. The summed E-state index contributed by atoms with van der Waals surface area (Å²) in [7, 11) is 0. The van der Waals surface area contributed by atoms with Crippen molar-refractivity contribution in [2.75, 3.05) is 0 Å². The average Bonchev–Trinajstić information content (AvgIpc) is 3.70. The molecule has 0 aliphatic carbocycles. The van der Waals surface area contributed by atoms with Gasteiger partial charge in [0, 0.05) is 62.7 Å². The van der Waals surface area contributed by atoms with E-state index in [-0.39, 0.29) is 47.9 Å². The molecule has 0 aliphatic rings. The van der Waals surface area contributed by atoms with Gasteiger partial charge in [0.1, 0.15) is 12.1 Å². The van der Waals surface area contributed by atoms with Crippen molar-refractivity contribution in [1.29, 1.82) is 0 Å². The van der Waals surface area contributed by atoms with Crippen molar-refractivity contribution in [1.82, 2.24) is 9.97 Å². The van der Waals surface area contributed by atoms with Crippen molar-refractivity contribution >= 4 is 61.3 Å². The van der Waals surface area contributed by atoms with Crippen LogP contribution in [0.4, 0.5) is 0 Å². The Hall–Kier alpha value is -2.35. The van der Waals surface area contributed by atoms with Gasteiger partial charge in [0.2, 0.25) is 0 Å². The number of ketones is 1. The van der Waals surface area contributed by atoms with E-state index in [1.807, 2.05) is 52.9 Å². The van der Waals surface area contributed by atoms with Crippen molar-refractivity contribution in [2.45, 2.75) is 125 Å². The zero-order valence-corrected chi connectivity index (χ0v) is 38.0. The van der Waals surface area contributed by atoms with Gasteiger partial charge in [-0.3, -0.25) is 9.78 Å². The van der Waals surface area contributed by atoms with Gasteiger partial charge in [-0.15, -0.1) is 47.6 Å². The van der Waals surface area contributed by atoms with Crippen LogP contribution in [0.1, 0.15) is 118 Å². The van der Waals surface area contributed by atoms with E-state index in [0.29, 0.717) is 5.92 Å². The number of aliphatic hydroxyl groups is 1. The molecule has 0 saturated carbocycles. The van der Waals surface area contributed by atoms with Crippen molar-refractivity contribution in [2.24, 2.45) is 16.7 Å². The van der Waals surface area contributed by atoms with Gasteiger partial charge >= 0.3 is 0 Å². The van der Waals surface area contributed by atoms with Crippen LogP contribution in [0, 0.1) is 29.7 Å². The molecule has 52 heavy (non-hydrogen) atoms. The molecule has 0 bridgehead atoms. The number of carbonyl (C=O) groups is 1. The number of benzene rings is 2. The second-order valence-corrected chi connectivity index (χ2v) is 18.4. The summed E-state index contributed by atoms with van der Waals surface area (Å²) in [6, 6.07) is 14.5. The molecular weight excluding hydrogens is 877 g/mol. The molecule has 1 radical (unpaired) electrons. The van der Waals surface area contributed by atoms with Crippen LogP contribution in [0.25, 0.3) is 42.7 Å². The SMILES string of the molecule is CCC(C)(CC)C(=O)/C=C(\O)C(C)(CC)CC.Cc1sc2c(-c3ncnc(-c4[c-]c5ccsc5c(C(C)(C)C)c4)c3S)cccc2c1CC(C)C.[Ir]. The van der Waals surface area contributed by atoms with E-state index in [9.17, 15) is 9.90 Å². The predicted molar refractivity (Wildman–Crippen MR) is 225 cm³/mol. The van der Waals surface area contributed by atoms with E-state index < -0.39 is 0 Å². The van der Waals surface area contributed by atoms with Crippen LogP contribution in [-0.4, -0.2) is 20.9 Å². The summed E-state index contributed by atoms with van der Waals surface area (Å²) in [4.78, 5) is 23.8. The molecule has 5 aromatic rings. The zero-order chi connectivity index (χ0) is 37.9. The molecule has 0 amide bonds. The number of aliphatic hydroxyl groups excluding tert-OH is 1. The minimum atomic E-state index is -0.337. The van der Waals surface area contributed by atoms with Crippen molar-refractivity contribution < 1.29 is 30.0 Å². The van der Waals surface area contributed by atoms with Crippen LogP contribution in [0.3, 0.4) is 0 Å². The van der Waals surface area contributed by atoms with E-state index >= 15 is 0 Å². The van der Waals surface area contributed by atoms with E-state index in [0.717, 1.165) is 64.9 Å². The predicted octanol–water partition coefficient (Wildman–Crippen LogP) is 13.8. The van der Waals surface area contributed by atoms with E-state index in [1.165, 1.54) is 36.9 Å². The second kappa shape index (κ2) is 17.9. The fourth-order valence-corrected chi connectivity index (χ4v) is 8.92. The number of thiophene rings is 2. The monoisotopic (exact) mass is 934 g/mol. The maximum atomic E-state index is 12.2. The molecular formula is C44H57IrN2O2S3-. The number of fused-ring (bicyclic) bond motifs is 2. The molecule has 2 aromatic carbocycles. The fourth-order valence-electron chi connectivity index (χ4n) is 6.29. The number of thiol groups is 1. The normalized spacial score (nSPS) is 12.6. The zero-order valence-electron chi connectivity index (χ0n) is 33.1. The summed E-state index contributed by atoms with van der Waals surface area (Å²) < 4.78 is 2.58. The Morgan fingerprint density at radius 3 is 2.13 bits per heavy atom. The van der Waals surface area contributed by atoms with E-state index in [4.69, 9.17) is 17.6 Å². The number of carbonyl (C=O) groups excluding carboxylic acids is 1. The average molecular weight is 934 g/mol. The molecule has 0 atom stereocenters. The quantitative estimate of drug-likeness (QED) is 0.0599. The molecule has 0 unspecified atom stereocenters. The maximum absolute atomic E-state index is 12.2. The number of aryl methyl sites for hydroxylation is 1. The van der Waals surface area contributed by atoms with Gasteiger partial charge in [0.05, 0.1) is 5.69 Å². The van der Waals surface area contributed by atoms with Gasteiger partial charge in [-0.1, -0.05) is 105 Å². The second-order valence-electron chi connectivity index (χ2n) is 15.8. The standard InChI is InChI=1S/C29H29N2S3.C15H28O2.Ir/c1-16(2)12-22-17(3)34-28-20(22)8-7-9-21(28)25-26(32)24(30-15-31-25)19-13-18-10-11-33-27(18)23(14-19)29(4,5)6;1-7-14(5,8-2)12(16)11-13(17)15(6,9-3)10-4;/h7-11,14-16,32H,12H2,1-6H3;11,16H,7-10H2,1-6H3;/q-1;;/b;12-11-;. The first-order valence-electron chi connectivity index (χ1n) is 18.4. The third-order valence-corrected chi connectivity index (χ3v) is 13.4. The number of nitrogens with zero attached hydrogens (tertiary/aromatic N) is 2. The first kappa shape index (κ1) is 44.0. The van der Waals surface area contributed by atoms with E-state index in [2.05, 4.69) is 88.3 Å². The first-order chi connectivity index (χ1) is 23.9. The fraction of sp³-hybridized carbons (Fsp3) is 0.477.